The first-order chi connectivity index (χ1) is 11.2. The molecule has 1 aromatic rings. The zero-order chi connectivity index (χ0) is 17.9. The van der Waals surface area contributed by atoms with Crippen molar-refractivity contribution in [3.8, 4) is 0 Å². The first-order valence-corrected chi connectivity index (χ1v) is 7.79. The maximum Gasteiger partial charge on any atom is 0.449 e. The molecule has 0 aromatic carbocycles. The molecule has 1 fully saturated rings. The van der Waals surface area contributed by atoms with E-state index in [0.29, 0.717) is 44.7 Å². The standard InChI is InChI=1S/C14H19F3N4O3/c1-2-20-13(11(9-18-20)21(23)24)19-6-3-4-10(5-7-19)8-12(22)14(15,16)17/h9-10H,2-8H2,1H3. The maximum absolute atomic E-state index is 12.4. The molecule has 0 amide bonds. The van der Waals surface area contributed by atoms with E-state index in [4.69, 9.17) is 0 Å². The van der Waals surface area contributed by atoms with Gasteiger partial charge in [0.1, 0.15) is 6.20 Å². The van der Waals surface area contributed by atoms with Gasteiger partial charge in [-0.15, -0.1) is 0 Å². The van der Waals surface area contributed by atoms with Crippen LogP contribution in [-0.4, -0.2) is 39.8 Å². The highest BCUT2D eigenvalue weighted by Gasteiger charge is 2.39. The number of aromatic nitrogens is 2. The normalized spacial score (nSPS) is 19.2. The fourth-order valence-electron chi connectivity index (χ4n) is 3.01. The van der Waals surface area contributed by atoms with Crippen LogP contribution in [-0.2, 0) is 11.3 Å². The number of nitro groups is 1. The second-order valence-electron chi connectivity index (χ2n) is 5.84. The molecule has 24 heavy (non-hydrogen) atoms. The lowest BCUT2D eigenvalue weighted by Crippen LogP contribution is -2.28. The molecule has 1 atom stereocenters. The topological polar surface area (TPSA) is 81.3 Å². The largest absolute Gasteiger partial charge is 0.449 e. The van der Waals surface area contributed by atoms with Crippen molar-refractivity contribution in [2.75, 3.05) is 18.0 Å². The van der Waals surface area contributed by atoms with Gasteiger partial charge in [-0.2, -0.15) is 18.3 Å². The molecule has 0 saturated carbocycles. The van der Waals surface area contributed by atoms with Crippen LogP contribution in [0.25, 0.3) is 0 Å². The molecule has 0 bridgehead atoms. The second kappa shape index (κ2) is 7.18. The van der Waals surface area contributed by atoms with Gasteiger partial charge in [0.2, 0.25) is 11.6 Å². The number of nitrogens with zero attached hydrogens (tertiary/aromatic N) is 4. The Morgan fingerprint density at radius 1 is 1.42 bits per heavy atom. The second-order valence-corrected chi connectivity index (χ2v) is 5.84. The van der Waals surface area contributed by atoms with Gasteiger partial charge in [-0.1, -0.05) is 0 Å². The highest BCUT2D eigenvalue weighted by molar-refractivity contribution is 5.84. The average Bonchev–Trinajstić information content (AvgIpc) is 2.80. The molecule has 1 unspecified atom stereocenters. The molecule has 10 heteroatoms. The third kappa shape index (κ3) is 4.04. The van der Waals surface area contributed by atoms with Crippen molar-refractivity contribution in [2.45, 2.75) is 45.3 Å². The predicted molar refractivity (Wildman–Crippen MR) is 79.8 cm³/mol. The number of carbonyl (C=O) groups excluding carboxylic acids is 1. The summed E-state index contributed by atoms with van der Waals surface area (Å²) in [5.74, 6) is -1.68. The highest BCUT2D eigenvalue weighted by atomic mass is 19.4. The van der Waals surface area contributed by atoms with Gasteiger partial charge in [-0.3, -0.25) is 14.9 Å². The molecule has 1 aliphatic heterocycles. The number of hydrogen-bond acceptors (Lipinski definition) is 5. The van der Waals surface area contributed by atoms with Gasteiger partial charge in [0.15, 0.2) is 0 Å². The number of carbonyl (C=O) groups is 1. The SMILES string of the molecule is CCn1ncc([N+](=O)[O-])c1N1CCCC(CC(=O)C(F)(F)F)CC1. The van der Waals surface area contributed by atoms with Crippen LogP contribution in [0.1, 0.15) is 32.6 Å². The first-order valence-electron chi connectivity index (χ1n) is 7.79. The van der Waals surface area contributed by atoms with E-state index in [1.54, 1.807) is 4.90 Å². The minimum absolute atomic E-state index is 0.110. The third-order valence-corrected chi connectivity index (χ3v) is 4.23. The number of anilines is 1. The van der Waals surface area contributed by atoms with E-state index in [9.17, 15) is 28.1 Å². The summed E-state index contributed by atoms with van der Waals surface area (Å²) < 4.78 is 38.7. The predicted octanol–water partition coefficient (Wildman–Crippen LogP) is 2.94. The van der Waals surface area contributed by atoms with Crippen molar-refractivity contribution < 1.29 is 22.9 Å². The molecule has 0 N–H and O–H groups in total. The molecular formula is C14H19F3N4O3. The summed E-state index contributed by atoms with van der Waals surface area (Å²) in [5, 5.41) is 15.1. The number of halogens is 3. The number of rotatable bonds is 5. The Kier molecular flexibility index (Phi) is 5.45. The summed E-state index contributed by atoms with van der Waals surface area (Å²) in [6, 6.07) is 0. The summed E-state index contributed by atoms with van der Waals surface area (Å²) >= 11 is 0. The van der Waals surface area contributed by atoms with E-state index >= 15 is 0 Å². The Bertz CT molecular complexity index is 615. The van der Waals surface area contributed by atoms with Gasteiger partial charge in [0.05, 0.1) is 4.92 Å². The number of Topliss-reactive ketones (excluding diaryl/α,β-unsaturated/α-hetero) is 1. The first kappa shape index (κ1) is 18.2. The molecule has 2 heterocycles. The monoisotopic (exact) mass is 348 g/mol. The molecule has 0 radical (unpaired) electrons. The Morgan fingerprint density at radius 3 is 2.71 bits per heavy atom. The van der Waals surface area contributed by atoms with Crippen LogP contribution in [0.2, 0.25) is 0 Å². The molecule has 2 rings (SSSR count). The average molecular weight is 348 g/mol. The van der Waals surface area contributed by atoms with Crippen molar-refractivity contribution in [3.05, 3.63) is 16.3 Å². The Labute approximate surface area is 136 Å². The van der Waals surface area contributed by atoms with Crippen molar-refractivity contribution in [2.24, 2.45) is 5.92 Å². The van der Waals surface area contributed by atoms with Gasteiger partial charge in [-0.05, 0) is 32.1 Å². The van der Waals surface area contributed by atoms with E-state index in [2.05, 4.69) is 5.10 Å². The van der Waals surface area contributed by atoms with E-state index in [1.807, 2.05) is 6.92 Å². The van der Waals surface area contributed by atoms with Crippen LogP contribution in [0, 0.1) is 16.0 Å². The fourth-order valence-corrected chi connectivity index (χ4v) is 3.01. The summed E-state index contributed by atoms with van der Waals surface area (Å²) in [6.07, 6.45) is -2.69. The van der Waals surface area contributed by atoms with Crippen LogP contribution in [0.4, 0.5) is 24.7 Å². The van der Waals surface area contributed by atoms with E-state index in [-0.39, 0.29) is 11.6 Å². The number of alkyl halides is 3. The molecule has 134 valence electrons. The Balaban J connectivity index is 2.10. The van der Waals surface area contributed by atoms with Crippen LogP contribution in [0.15, 0.2) is 6.20 Å². The number of hydrogen-bond donors (Lipinski definition) is 0. The van der Waals surface area contributed by atoms with Gasteiger partial charge in [-0.25, -0.2) is 4.68 Å². The lowest BCUT2D eigenvalue weighted by atomic mass is 9.94. The Hall–Kier alpha value is -2.13. The van der Waals surface area contributed by atoms with Gasteiger partial charge in [0.25, 0.3) is 0 Å². The molecule has 1 aliphatic rings. The summed E-state index contributed by atoms with van der Waals surface area (Å²) in [5.41, 5.74) is -0.110. The molecule has 1 aromatic heterocycles. The van der Waals surface area contributed by atoms with Crippen LogP contribution in [0.3, 0.4) is 0 Å². The minimum atomic E-state index is -4.80. The van der Waals surface area contributed by atoms with Crippen molar-refractivity contribution >= 4 is 17.3 Å². The van der Waals surface area contributed by atoms with E-state index < -0.39 is 23.3 Å². The van der Waals surface area contributed by atoms with Crippen molar-refractivity contribution in [1.82, 2.24) is 9.78 Å². The van der Waals surface area contributed by atoms with Crippen LogP contribution < -0.4 is 4.90 Å². The zero-order valence-corrected chi connectivity index (χ0v) is 13.3. The number of ketones is 1. The van der Waals surface area contributed by atoms with Gasteiger partial charge < -0.3 is 4.90 Å². The smallest absolute Gasteiger partial charge is 0.351 e. The van der Waals surface area contributed by atoms with Crippen molar-refractivity contribution in [1.29, 1.82) is 0 Å². The van der Waals surface area contributed by atoms with Crippen molar-refractivity contribution in [3.63, 3.8) is 0 Å². The molecular weight excluding hydrogens is 329 g/mol. The highest BCUT2D eigenvalue weighted by Crippen LogP contribution is 2.32. The van der Waals surface area contributed by atoms with E-state index in [1.165, 1.54) is 10.9 Å². The molecule has 7 nitrogen and oxygen atoms in total. The minimum Gasteiger partial charge on any atom is -0.351 e. The van der Waals surface area contributed by atoms with Gasteiger partial charge >= 0.3 is 11.9 Å². The summed E-state index contributed by atoms with van der Waals surface area (Å²) in [4.78, 5) is 23.6. The quantitative estimate of drug-likeness (QED) is 0.604. The lowest BCUT2D eigenvalue weighted by molar-refractivity contribution is -0.384. The Morgan fingerprint density at radius 2 is 2.12 bits per heavy atom. The third-order valence-electron chi connectivity index (χ3n) is 4.23. The van der Waals surface area contributed by atoms with Crippen LogP contribution >= 0.6 is 0 Å². The van der Waals surface area contributed by atoms with Gasteiger partial charge in [0, 0.05) is 26.1 Å². The molecule has 0 aliphatic carbocycles. The molecule has 0 spiro atoms. The lowest BCUT2D eigenvalue weighted by Gasteiger charge is -2.22. The van der Waals surface area contributed by atoms with Crippen LogP contribution in [0.5, 0.6) is 0 Å². The fraction of sp³-hybridized carbons (Fsp3) is 0.714. The summed E-state index contributed by atoms with van der Waals surface area (Å²) in [7, 11) is 0. The summed E-state index contributed by atoms with van der Waals surface area (Å²) in [6.45, 7) is 3.12. The van der Waals surface area contributed by atoms with E-state index in [0.717, 1.165) is 0 Å². The molecule has 1 saturated heterocycles. The number of aryl methyl sites for hydroxylation is 1. The zero-order valence-electron chi connectivity index (χ0n) is 13.3. The maximum atomic E-state index is 12.4.